The van der Waals surface area contributed by atoms with Crippen LogP contribution in [0.4, 0.5) is 10.5 Å². The molecule has 1 N–H and O–H groups in total. The average molecular weight is 400 g/mol. The highest BCUT2D eigenvalue weighted by Gasteiger charge is 2.25. The highest BCUT2D eigenvalue weighted by Crippen LogP contribution is 2.41. The highest BCUT2D eigenvalue weighted by molar-refractivity contribution is 7.16. The monoisotopic (exact) mass is 398 g/mol. The zero-order valence-corrected chi connectivity index (χ0v) is 15.0. The Morgan fingerprint density at radius 1 is 1.29 bits per heavy atom. The van der Waals surface area contributed by atoms with E-state index >= 15 is 0 Å². The summed E-state index contributed by atoms with van der Waals surface area (Å²) in [5.41, 5.74) is 0.896. The van der Waals surface area contributed by atoms with Crippen molar-refractivity contribution in [2.45, 2.75) is 5.92 Å². The van der Waals surface area contributed by atoms with Gasteiger partial charge in [-0.15, -0.1) is 11.3 Å². The maximum Gasteiger partial charge on any atom is 0.342 e. The molecule has 1 atom stereocenters. The van der Waals surface area contributed by atoms with Gasteiger partial charge >= 0.3 is 6.03 Å². The lowest BCUT2D eigenvalue weighted by Gasteiger charge is -2.22. The Labute approximate surface area is 157 Å². The topological polar surface area (TPSA) is 68.5 Å². The largest absolute Gasteiger partial charge is 0.342 e. The van der Waals surface area contributed by atoms with Crippen molar-refractivity contribution < 1.29 is 4.79 Å². The van der Waals surface area contributed by atoms with E-state index < -0.39 is 5.92 Å². The first-order valence-electron chi connectivity index (χ1n) is 6.75. The van der Waals surface area contributed by atoms with Crippen LogP contribution < -0.4 is 10.3 Å². The number of benzene rings is 1. The van der Waals surface area contributed by atoms with Crippen molar-refractivity contribution >= 4 is 64.1 Å². The minimum atomic E-state index is -0.643. The quantitative estimate of drug-likeness (QED) is 0.799. The van der Waals surface area contributed by atoms with Crippen molar-refractivity contribution in [1.29, 1.82) is 5.26 Å². The molecule has 5 nitrogen and oxygen atoms in total. The molecule has 0 fully saturated rings. The summed E-state index contributed by atoms with van der Waals surface area (Å²) in [6.45, 7) is 0.366. The molecule has 1 aliphatic rings. The normalized spacial score (nSPS) is 15.1. The minimum Gasteiger partial charge on any atom is -0.331 e. The predicted molar refractivity (Wildman–Crippen MR) is 97.6 cm³/mol. The van der Waals surface area contributed by atoms with E-state index in [0.29, 0.717) is 22.1 Å². The fourth-order valence-electron chi connectivity index (χ4n) is 2.29. The van der Waals surface area contributed by atoms with E-state index in [0.717, 1.165) is 9.89 Å². The Morgan fingerprint density at radius 3 is 2.54 bits per heavy atom. The van der Waals surface area contributed by atoms with E-state index in [9.17, 15) is 10.1 Å². The van der Waals surface area contributed by atoms with Gasteiger partial charge in [-0.3, -0.25) is 0 Å². The number of anilines is 1. The Kier molecular flexibility index (Phi) is 4.97. The molecular formula is C15H9Cl3N4OS. The number of nitriles is 1. The second-order valence-electron chi connectivity index (χ2n) is 4.82. The number of rotatable bonds is 3. The van der Waals surface area contributed by atoms with Crippen molar-refractivity contribution in [1.82, 2.24) is 5.32 Å². The summed E-state index contributed by atoms with van der Waals surface area (Å²) in [7, 11) is 0. The highest BCUT2D eigenvalue weighted by atomic mass is 35.5. The summed E-state index contributed by atoms with van der Waals surface area (Å²) in [6.07, 6.45) is 1.56. The van der Waals surface area contributed by atoms with Crippen LogP contribution in [0.2, 0.25) is 14.4 Å². The van der Waals surface area contributed by atoms with Crippen LogP contribution in [0.15, 0.2) is 29.4 Å². The smallest absolute Gasteiger partial charge is 0.331 e. The van der Waals surface area contributed by atoms with Crippen LogP contribution in [-0.4, -0.2) is 18.8 Å². The van der Waals surface area contributed by atoms with Gasteiger partial charge in [0.25, 0.3) is 0 Å². The molecule has 3 rings (SSSR count). The maximum atomic E-state index is 11.9. The summed E-state index contributed by atoms with van der Waals surface area (Å²) in [5, 5.41) is 17.9. The molecule has 24 heavy (non-hydrogen) atoms. The lowest BCUT2D eigenvalue weighted by Crippen LogP contribution is -2.41. The molecule has 0 saturated heterocycles. The van der Waals surface area contributed by atoms with Crippen molar-refractivity contribution in [2.75, 3.05) is 11.6 Å². The third kappa shape index (κ3) is 3.21. The molecule has 9 heteroatoms. The second-order valence-corrected chi connectivity index (χ2v) is 7.38. The van der Waals surface area contributed by atoms with E-state index in [2.05, 4.69) is 16.5 Å². The molecule has 1 aromatic heterocycles. The van der Waals surface area contributed by atoms with Crippen LogP contribution in [0.3, 0.4) is 0 Å². The molecule has 122 valence electrons. The third-order valence-electron chi connectivity index (χ3n) is 3.34. The van der Waals surface area contributed by atoms with Gasteiger partial charge in [-0.25, -0.2) is 4.79 Å². The van der Waals surface area contributed by atoms with Crippen LogP contribution >= 0.6 is 46.1 Å². The van der Waals surface area contributed by atoms with Gasteiger partial charge in [0.15, 0.2) is 0 Å². The van der Waals surface area contributed by atoms with Gasteiger partial charge in [0.1, 0.15) is 5.92 Å². The zero-order chi connectivity index (χ0) is 17.3. The van der Waals surface area contributed by atoms with Gasteiger partial charge in [0.05, 0.1) is 22.6 Å². The van der Waals surface area contributed by atoms with Gasteiger partial charge in [-0.05, 0) is 24.3 Å². The number of hydrogen-bond acceptors (Lipinski definition) is 4. The summed E-state index contributed by atoms with van der Waals surface area (Å²) < 4.78 is 0.577. The van der Waals surface area contributed by atoms with E-state index in [1.165, 1.54) is 11.3 Å². The number of nitrogens with one attached hydrogen (secondary N) is 1. The van der Waals surface area contributed by atoms with Crippen molar-refractivity contribution in [2.24, 2.45) is 5.10 Å². The number of thiophene rings is 1. The molecule has 0 aliphatic carbocycles. The molecule has 0 bridgehead atoms. The van der Waals surface area contributed by atoms with Gasteiger partial charge in [0.2, 0.25) is 0 Å². The number of hydrogen-bond donors (Lipinski definition) is 1. The molecule has 2 heterocycles. The standard InChI is InChI=1S/C15H9Cl3N4OS/c16-10-5-8(22-15(23)20-3-4-21-22)6-11(17)14(10)9(7-19)12-1-2-13(18)24-12/h1-2,4-6,9H,3H2,(H,20,23). The molecule has 1 unspecified atom stereocenters. The van der Waals surface area contributed by atoms with Crippen LogP contribution in [0.1, 0.15) is 16.4 Å². The fourth-order valence-corrected chi connectivity index (χ4v) is 4.10. The summed E-state index contributed by atoms with van der Waals surface area (Å²) in [4.78, 5) is 12.6. The van der Waals surface area contributed by atoms with E-state index in [1.54, 1.807) is 30.5 Å². The van der Waals surface area contributed by atoms with E-state index in [4.69, 9.17) is 34.8 Å². The number of hydrazone groups is 1. The van der Waals surface area contributed by atoms with Crippen molar-refractivity contribution in [3.05, 3.63) is 49.1 Å². The number of urea groups is 1. The zero-order valence-electron chi connectivity index (χ0n) is 12.0. The summed E-state index contributed by atoms with van der Waals surface area (Å²) in [6, 6.07) is 8.43. The first-order valence-corrected chi connectivity index (χ1v) is 8.70. The van der Waals surface area contributed by atoms with Crippen LogP contribution in [-0.2, 0) is 0 Å². The Hall–Kier alpha value is -1.78. The molecular weight excluding hydrogens is 391 g/mol. The van der Waals surface area contributed by atoms with Crippen molar-refractivity contribution in [3.8, 4) is 6.07 Å². The molecule has 1 aromatic carbocycles. The van der Waals surface area contributed by atoms with Crippen LogP contribution in [0.25, 0.3) is 0 Å². The third-order valence-corrected chi connectivity index (χ3v) is 5.26. The number of carbonyl (C=O) groups excluding carboxylic acids is 1. The van der Waals surface area contributed by atoms with Crippen molar-refractivity contribution in [3.63, 3.8) is 0 Å². The fraction of sp³-hybridized carbons (Fsp3) is 0.133. The minimum absolute atomic E-state index is 0.280. The summed E-state index contributed by atoms with van der Waals surface area (Å²) in [5.74, 6) is -0.643. The molecule has 2 aromatic rings. The Bertz CT molecular complexity index is 851. The molecule has 2 amide bonds. The molecule has 1 aliphatic heterocycles. The number of carbonyl (C=O) groups is 1. The van der Waals surface area contributed by atoms with Gasteiger partial charge in [0, 0.05) is 26.7 Å². The lowest BCUT2D eigenvalue weighted by atomic mass is 9.98. The maximum absolute atomic E-state index is 11.9. The number of halogens is 3. The predicted octanol–water partition coefficient (Wildman–Crippen LogP) is 4.88. The van der Waals surface area contributed by atoms with Gasteiger partial charge < -0.3 is 5.32 Å². The molecule has 0 spiro atoms. The van der Waals surface area contributed by atoms with Crippen LogP contribution in [0.5, 0.6) is 0 Å². The lowest BCUT2D eigenvalue weighted by molar-refractivity contribution is 0.247. The Balaban J connectivity index is 2.04. The first kappa shape index (κ1) is 17.1. The van der Waals surface area contributed by atoms with Gasteiger partial charge in [-0.2, -0.15) is 15.4 Å². The SMILES string of the molecule is N#CC(c1ccc(Cl)s1)c1c(Cl)cc(N2N=CCNC2=O)cc1Cl. The average Bonchev–Trinajstić information content (AvgIpc) is 2.97. The van der Waals surface area contributed by atoms with E-state index in [-0.39, 0.29) is 16.1 Å². The van der Waals surface area contributed by atoms with Gasteiger partial charge in [-0.1, -0.05) is 34.8 Å². The first-order chi connectivity index (χ1) is 11.5. The van der Waals surface area contributed by atoms with E-state index in [1.807, 2.05) is 0 Å². The second kappa shape index (κ2) is 6.99. The van der Waals surface area contributed by atoms with Crippen LogP contribution in [0, 0.1) is 11.3 Å². The molecule has 0 radical (unpaired) electrons. The summed E-state index contributed by atoms with van der Waals surface area (Å²) >= 11 is 20.0. The molecule has 0 saturated carbocycles. The Morgan fingerprint density at radius 2 is 2.00 bits per heavy atom. The number of nitrogens with zero attached hydrogens (tertiary/aromatic N) is 3. The number of amides is 2.